The standard InChI is InChI=1S/C34H56N4O8/c1-2-4-34(23-37(9-29-17-43-29)10-30-18-44-30,24-38(11-31-19-45-31)12-32-20-46-32)33(3-1,21-35(5-25-13-39-25)6-26-14-40-26)22-36(7-27-15-41-27)8-28-16-42-28/h25-32H,1-24H2. The number of epoxide rings is 8. The van der Waals surface area contributed by atoms with Crippen molar-refractivity contribution in [3.8, 4) is 0 Å². The monoisotopic (exact) mass is 648 g/mol. The molecule has 0 radical (unpaired) electrons. The van der Waals surface area contributed by atoms with E-state index in [1.165, 1.54) is 25.7 Å². The zero-order valence-corrected chi connectivity index (χ0v) is 27.6. The van der Waals surface area contributed by atoms with Crippen LogP contribution in [0.2, 0.25) is 0 Å². The Balaban J connectivity index is 1.07. The topological polar surface area (TPSA) is 113 Å². The molecule has 12 nitrogen and oxygen atoms in total. The van der Waals surface area contributed by atoms with Crippen molar-refractivity contribution in [2.45, 2.75) is 74.5 Å². The number of rotatable bonds is 24. The molecule has 8 atom stereocenters. The van der Waals surface area contributed by atoms with Crippen LogP contribution in [0.3, 0.4) is 0 Å². The first-order valence-corrected chi connectivity index (χ1v) is 18.4. The van der Waals surface area contributed by atoms with Crippen molar-refractivity contribution in [3.63, 3.8) is 0 Å². The molecule has 0 aromatic carbocycles. The zero-order valence-electron chi connectivity index (χ0n) is 27.6. The molecule has 0 N–H and O–H groups in total. The van der Waals surface area contributed by atoms with Crippen LogP contribution < -0.4 is 0 Å². The lowest BCUT2D eigenvalue weighted by Gasteiger charge is -2.59. The number of ether oxygens (including phenoxy) is 8. The first kappa shape index (κ1) is 31.5. The maximum absolute atomic E-state index is 5.85. The second-order valence-corrected chi connectivity index (χ2v) is 16.2. The van der Waals surface area contributed by atoms with Gasteiger partial charge in [-0.3, -0.25) is 19.6 Å². The summed E-state index contributed by atoms with van der Waals surface area (Å²) in [4.78, 5) is 11.0. The molecule has 0 aromatic heterocycles. The van der Waals surface area contributed by atoms with Gasteiger partial charge >= 0.3 is 0 Å². The Morgan fingerprint density at radius 2 is 0.500 bits per heavy atom. The molecule has 9 aliphatic rings. The summed E-state index contributed by atoms with van der Waals surface area (Å²) in [6.45, 7) is 19.4. The van der Waals surface area contributed by atoms with Gasteiger partial charge in [-0.1, -0.05) is 12.8 Å². The van der Waals surface area contributed by atoms with E-state index in [4.69, 9.17) is 37.9 Å². The van der Waals surface area contributed by atoms with E-state index in [2.05, 4.69) is 19.6 Å². The maximum Gasteiger partial charge on any atom is 0.0936 e. The van der Waals surface area contributed by atoms with Gasteiger partial charge in [-0.2, -0.15) is 0 Å². The van der Waals surface area contributed by atoms with Crippen LogP contribution in [0.25, 0.3) is 0 Å². The zero-order chi connectivity index (χ0) is 30.6. The van der Waals surface area contributed by atoms with E-state index < -0.39 is 0 Å². The van der Waals surface area contributed by atoms with E-state index in [9.17, 15) is 0 Å². The quantitative estimate of drug-likeness (QED) is 0.131. The van der Waals surface area contributed by atoms with Crippen LogP contribution >= 0.6 is 0 Å². The molecule has 8 saturated heterocycles. The van der Waals surface area contributed by atoms with Crippen LogP contribution in [-0.2, 0) is 37.9 Å². The highest BCUT2D eigenvalue weighted by molar-refractivity contribution is 5.09. The molecule has 8 heterocycles. The summed E-state index contributed by atoms with van der Waals surface area (Å²) >= 11 is 0. The summed E-state index contributed by atoms with van der Waals surface area (Å²) in [6.07, 6.45) is 7.87. The average molecular weight is 649 g/mol. The van der Waals surface area contributed by atoms with Gasteiger partial charge in [-0.05, 0) is 12.8 Å². The van der Waals surface area contributed by atoms with Crippen LogP contribution in [0.5, 0.6) is 0 Å². The lowest BCUT2D eigenvalue weighted by molar-refractivity contribution is -0.101. The number of hydrogen-bond acceptors (Lipinski definition) is 12. The van der Waals surface area contributed by atoms with Crippen molar-refractivity contribution in [1.29, 1.82) is 0 Å². The third kappa shape index (κ3) is 9.00. The van der Waals surface area contributed by atoms with Gasteiger partial charge in [0.05, 0.1) is 102 Å². The van der Waals surface area contributed by atoms with Crippen LogP contribution in [-0.4, -0.2) is 200 Å². The minimum absolute atomic E-state index is 0.0684. The Morgan fingerprint density at radius 3 is 0.652 bits per heavy atom. The molecule has 8 aliphatic heterocycles. The van der Waals surface area contributed by atoms with Crippen molar-refractivity contribution < 1.29 is 37.9 Å². The third-order valence-electron chi connectivity index (χ3n) is 11.7. The Kier molecular flexibility index (Phi) is 9.13. The average Bonchev–Trinajstić information content (AvgIpc) is 3.81. The molecule has 8 unspecified atom stereocenters. The smallest absolute Gasteiger partial charge is 0.0936 e. The predicted octanol–water partition coefficient (Wildman–Crippen LogP) is -0.0684. The fourth-order valence-electron chi connectivity index (χ4n) is 8.76. The van der Waals surface area contributed by atoms with E-state index in [-0.39, 0.29) is 10.8 Å². The number of nitrogens with zero attached hydrogens (tertiary/aromatic N) is 4. The van der Waals surface area contributed by atoms with Gasteiger partial charge < -0.3 is 37.9 Å². The van der Waals surface area contributed by atoms with E-state index in [1.807, 2.05) is 0 Å². The molecule has 1 saturated carbocycles. The lowest BCUT2D eigenvalue weighted by Crippen LogP contribution is -2.65. The highest BCUT2D eigenvalue weighted by Crippen LogP contribution is 2.54. The molecule has 46 heavy (non-hydrogen) atoms. The minimum Gasteiger partial charge on any atom is -0.372 e. The van der Waals surface area contributed by atoms with E-state index in [0.29, 0.717) is 48.8 Å². The Morgan fingerprint density at radius 1 is 0.326 bits per heavy atom. The van der Waals surface area contributed by atoms with Crippen molar-refractivity contribution in [1.82, 2.24) is 19.6 Å². The highest BCUT2D eigenvalue weighted by Gasteiger charge is 2.57. The minimum atomic E-state index is 0.0684. The summed E-state index contributed by atoms with van der Waals surface area (Å²) in [5, 5.41) is 0. The summed E-state index contributed by atoms with van der Waals surface area (Å²) < 4.78 is 46.8. The molecule has 0 bridgehead atoms. The summed E-state index contributed by atoms with van der Waals surface area (Å²) in [7, 11) is 0. The Hall–Kier alpha value is -0.480. The van der Waals surface area contributed by atoms with Gasteiger partial charge in [0.15, 0.2) is 0 Å². The molecule has 260 valence electrons. The normalized spacial score (nSPS) is 43.0. The first-order valence-electron chi connectivity index (χ1n) is 18.4. The fourth-order valence-corrected chi connectivity index (χ4v) is 8.76. The van der Waals surface area contributed by atoms with Crippen molar-refractivity contribution in [2.24, 2.45) is 10.8 Å². The summed E-state index contributed by atoms with van der Waals surface area (Å²) in [6, 6.07) is 0. The van der Waals surface area contributed by atoms with Crippen LogP contribution in [0.4, 0.5) is 0 Å². The van der Waals surface area contributed by atoms with Gasteiger partial charge in [0.2, 0.25) is 0 Å². The van der Waals surface area contributed by atoms with Gasteiger partial charge in [0, 0.05) is 89.4 Å². The van der Waals surface area contributed by atoms with Crippen LogP contribution in [0.15, 0.2) is 0 Å². The van der Waals surface area contributed by atoms with E-state index in [0.717, 1.165) is 131 Å². The van der Waals surface area contributed by atoms with Gasteiger partial charge in [0.25, 0.3) is 0 Å². The predicted molar refractivity (Wildman–Crippen MR) is 167 cm³/mol. The second kappa shape index (κ2) is 13.3. The Bertz CT molecular complexity index is 821. The van der Waals surface area contributed by atoms with Gasteiger partial charge in [0.1, 0.15) is 0 Å². The van der Waals surface area contributed by atoms with Crippen molar-refractivity contribution >= 4 is 0 Å². The van der Waals surface area contributed by atoms with Gasteiger partial charge in [-0.25, -0.2) is 0 Å². The fraction of sp³-hybridized carbons (Fsp3) is 1.00. The molecular weight excluding hydrogens is 592 g/mol. The molecule has 1 aliphatic carbocycles. The van der Waals surface area contributed by atoms with E-state index in [1.54, 1.807) is 0 Å². The van der Waals surface area contributed by atoms with Crippen molar-refractivity contribution in [3.05, 3.63) is 0 Å². The summed E-state index contributed by atoms with van der Waals surface area (Å²) in [5.74, 6) is 0. The molecule has 0 spiro atoms. The molecule has 0 aromatic rings. The first-order chi connectivity index (χ1) is 22.6. The Labute approximate surface area is 274 Å². The lowest BCUT2D eigenvalue weighted by atomic mass is 9.54. The highest BCUT2D eigenvalue weighted by atomic mass is 16.6. The summed E-state index contributed by atoms with van der Waals surface area (Å²) in [5.41, 5.74) is 0.137. The molecule has 9 rings (SSSR count). The molecule has 9 fully saturated rings. The number of hydrogen-bond donors (Lipinski definition) is 0. The molecule has 0 amide bonds. The van der Waals surface area contributed by atoms with Crippen LogP contribution in [0.1, 0.15) is 25.7 Å². The largest absolute Gasteiger partial charge is 0.372 e. The second-order valence-electron chi connectivity index (χ2n) is 16.2. The third-order valence-corrected chi connectivity index (χ3v) is 11.7. The molecule has 12 heteroatoms. The van der Waals surface area contributed by atoms with Gasteiger partial charge in [-0.15, -0.1) is 0 Å². The molecular formula is C34H56N4O8. The SMILES string of the molecule is C1CCC(CN(CC2CO2)CC2CO2)(CN(CC2CO2)CC2CO2)C(CN(CC2CO2)CC2CO2)(CN(CC2CO2)CC2CO2)C1. The van der Waals surface area contributed by atoms with Crippen LogP contribution in [0, 0.1) is 10.8 Å². The van der Waals surface area contributed by atoms with E-state index >= 15 is 0 Å². The maximum atomic E-state index is 5.85. The van der Waals surface area contributed by atoms with Crippen molar-refractivity contribution in [2.75, 3.05) is 131 Å².